The zero-order valence-electron chi connectivity index (χ0n) is 5.28. The van der Waals surface area contributed by atoms with Crippen LogP contribution in [0.5, 0.6) is 0 Å². The van der Waals surface area contributed by atoms with Gasteiger partial charge in [-0.15, -0.1) is 0 Å². The van der Waals surface area contributed by atoms with Crippen LogP contribution >= 0.6 is 28.9 Å². The van der Waals surface area contributed by atoms with Gasteiger partial charge in [0.05, 0.1) is 0 Å². The van der Waals surface area contributed by atoms with Crippen LogP contribution in [-0.4, -0.2) is 24.9 Å². The molecule has 1 nitrogen and oxygen atoms in total. The van der Waals surface area contributed by atoms with Gasteiger partial charge in [0.1, 0.15) is 0 Å². The molecule has 0 heterocycles. The Kier molecular flexibility index (Phi) is 17.7. The zero-order valence-corrected chi connectivity index (χ0v) is 9.97. The summed E-state index contributed by atoms with van der Waals surface area (Å²) in [5.41, 5.74) is 0. The van der Waals surface area contributed by atoms with Crippen LogP contribution < -0.4 is 0 Å². The van der Waals surface area contributed by atoms with Gasteiger partial charge in [-0.2, -0.15) is 0 Å². The SMILES string of the molecule is CCCCO.[Cl][Ga]([Cl])[Cl]. The first-order chi connectivity index (χ1) is 4.15. The molecule has 0 unspecified atom stereocenters. The van der Waals surface area contributed by atoms with Crippen molar-refractivity contribution in [2.75, 3.05) is 6.61 Å². The van der Waals surface area contributed by atoms with Gasteiger partial charge in [0, 0.05) is 6.61 Å². The minimum absolute atomic E-state index is 0.344. The molecule has 0 bridgehead atoms. The molecule has 1 N–H and O–H groups in total. The molecular weight excluding hydrogens is 240 g/mol. The van der Waals surface area contributed by atoms with E-state index in [0.717, 1.165) is 12.8 Å². The Labute approximate surface area is 73.4 Å². The maximum atomic E-state index is 8.07. The quantitative estimate of drug-likeness (QED) is 0.746. The molecule has 56 valence electrons. The molecule has 0 aromatic carbocycles. The summed E-state index contributed by atoms with van der Waals surface area (Å²) < 4.78 is 0. The van der Waals surface area contributed by atoms with Crippen molar-refractivity contribution < 1.29 is 5.11 Å². The minimum atomic E-state index is -2.06. The molecule has 0 aliphatic heterocycles. The average molecular weight is 250 g/mol. The van der Waals surface area contributed by atoms with Crippen molar-refractivity contribution in [2.45, 2.75) is 19.8 Å². The van der Waals surface area contributed by atoms with Gasteiger partial charge in [-0.1, -0.05) is 13.3 Å². The number of aliphatic hydroxyl groups excluding tert-OH is 1. The van der Waals surface area contributed by atoms with Gasteiger partial charge in [-0.05, 0) is 6.42 Å². The van der Waals surface area contributed by atoms with Crippen LogP contribution in [0.2, 0.25) is 0 Å². The van der Waals surface area contributed by atoms with Crippen LogP contribution in [0.1, 0.15) is 19.8 Å². The molecule has 0 atom stereocenters. The zero-order chi connectivity index (χ0) is 7.70. The van der Waals surface area contributed by atoms with Crippen LogP contribution in [-0.2, 0) is 0 Å². The Hall–Kier alpha value is 1.47. The molecule has 0 saturated heterocycles. The summed E-state index contributed by atoms with van der Waals surface area (Å²) in [6, 6.07) is 0. The topological polar surface area (TPSA) is 20.2 Å². The summed E-state index contributed by atoms with van der Waals surface area (Å²) >= 11 is -2.06. The van der Waals surface area contributed by atoms with E-state index in [1.807, 2.05) is 0 Å². The van der Waals surface area contributed by atoms with Gasteiger partial charge in [0.25, 0.3) is 0 Å². The van der Waals surface area contributed by atoms with Crippen molar-refractivity contribution in [3.05, 3.63) is 0 Å². The van der Waals surface area contributed by atoms with E-state index >= 15 is 0 Å². The third-order valence-electron chi connectivity index (χ3n) is 0.512. The van der Waals surface area contributed by atoms with E-state index in [-0.39, 0.29) is 0 Å². The van der Waals surface area contributed by atoms with E-state index in [2.05, 4.69) is 6.92 Å². The summed E-state index contributed by atoms with van der Waals surface area (Å²) in [5, 5.41) is 8.07. The number of rotatable bonds is 2. The fraction of sp³-hybridized carbons (Fsp3) is 1.00. The Morgan fingerprint density at radius 1 is 1.33 bits per heavy atom. The number of halogens is 3. The monoisotopic (exact) mass is 248 g/mol. The van der Waals surface area contributed by atoms with Crippen molar-refractivity contribution in [3.8, 4) is 0 Å². The van der Waals surface area contributed by atoms with Crippen molar-refractivity contribution in [1.29, 1.82) is 0 Å². The summed E-state index contributed by atoms with van der Waals surface area (Å²) in [6.45, 7) is 2.40. The molecule has 0 aromatic rings. The number of aliphatic hydroxyl groups is 1. The standard InChI is InChI=1S/C4H10O.3ClH.Ga/c1-2-3-4-5;;;;/h5H,2-4H2,1H3;3*1H;/q;;;;+3/p-3. The first-order valence-electron chi connectivity index (χ1n) is 2.68. The third-order valence-corrected chi connectivity index (χ3v) is 0.512. The van der Waals surface area contributed by atoms with E-state index in [1.165, 1.54) is 0 Å². The summed E-state index contributed by atoms with van der Waals surface area (Å²) in [4.78, 5) is 0. The average Bonchev–Trinajstić information content (AvgIpc) is 1.66. The summed E-state index contributed by atoms with van der Waals surface area (Å²) in [5.74, 6) is 0. The van der Waals surface area contributed by atoms with Crippen LogP contribution in [0.4, 0.5) is 0 Å². The van der Waals surface area contributed by atoms with E-state index in [4.69, 9.17) is 34.0 Å². The third kappa shape index (κ3) is 43.9. The summed E-state index contributed by atoms with van der Waals surface area (Å²) in [6.07, 6.45) is 2.04. The van der Waals surface area contributed by atoms with Crippen molar-refractivity contribution >= 4 is 42.1 Å². The molecule has 0 saturated carbocycles. The van der Waals surface area contributed by atoms with Crippen molar-refractivity contribution in [3.63, 3.8) is 0 Å². The van der Waals surface area contributed by atoms with Gasteiger partial charge in [0.2, 0.25) is 0 Å². The second-order valence-electron chi connectivity index (χ2n) is 1.32. The number of unbranched alkanes of at least 4 members (excludes halogenated alkanes) is 1. The Morgan fingerprint density at radius 2 is 1.67 bits per heavy atom. The normalized spacial score (nSPS) is 7.67. The Balaban J connectivity index is 0. The molecular formula is C4H10Cl3GaO. The Morgan fingerprint density at radius 3 is 1.67 bits per heavy atom. The van der Waals surface area contributed by atoms with Crippen molar-refractivity contribution in [1.82, 2.24) is 0 Å². The molecule has 0 spiro atoms. The number of hydrogen-bond acceptors (Lipinski definition) is 1. The second-order valence-corrected chi connectivity index (χ2v) is 12.6. The molecule has 0 fully saturated rings. The molecule has 0 radical (unpaired) electrons. The molecule has 0 aliphatic rings. The first kappa shape index (κ1) is 13.1. The maximum absolute atomic E-state index is 8.07. The van der Waals surface area contributed by atoms with E-state index in [9.17, 15) is 0 Å². The van der Waals surface area contributed by atoms with Crippen LogP contribution in [0.3, 0.4) is 0 Å². The van der Waals surface area contributed by atoms with E-state index < -0.39 is 13.2 Å². The Bertz CT molecular complexity index is 40.0. The molecule has 0 aromatic heterocycles. The molecule has 0 aliphatic carbocycles. The van der Waals surface area contributed by atoms with Gasteiger partial charge in [-0.25, -0.2) is 0 Å². The van der Waals surface area contributed by atoms with Crippen LogP contribution in [0, 0.1) is 0 Å². The molecule has 9 heavy (non-hydrogen) atoms. The summed E-state index contributed by atoms with van der Waals surface area (Å²) in [7, 11) is 15.0. The predicted molar refractivity (Wildman–Crippen MR) is 45.3 cm³/mol. The van der Waals surface area contributed by atoms with E-state index in [1.54, 1.807) is 0 Å². The molecule has 0 amide bonds. The fourth-order valence-electron chi connectivity index (χ4n) is 0.158. The van der Waals surface area contributed by atoms with Crippen molar-refractivity contribution in [2.24, 2.45) is 0 Å². The fourth-order valence-corrected chi connectivity index (χ4v) is 0.158. The molecule has 0 rings (SSSR count). The van der Waals surface area contributed by atoms with Gasteiger partial charge in [0.15, 0.2) is 0 Å². The van der Waals surface area contributed by atoms with Gasteiger partial charge < -0.3 is 5.11 Å². The second kappa shape index (κ2) is 12.2. The van der Waals surface area contributed by atoms with Gasteiger partial charge >= 0.3 is 42.1 Å². The first-order valence-corrected chi connectivity index (χ1v) is 12.2. The van der Waals surface area contributed by atoms with E-state index in [0.29, 0.717) is 6.61 Å². The van der Waals surface area contributed by atoms with Crippen LogP contribution in [0.25, 0.3) is 0 Å². The number of hydrogen-bond donors (Lipinski definition) is 1. The van der Waals surface area contributed by atoms with Gasteiger partial charge in [-0.3, -0.25) is 0 Å². The molecule has 5 heteroatoms. The predicted octanol–water partition coefficient (Wildman–Crippen LogP) is 2.47. The van der Waals surface area contributed by atoms with Crippen LogP contribution in [0.15, 0.2) is 0 Å².